The second-order valence-electron chi connectivity index (χ2n) is 5.03. The first kappa shape index (κ1) is 15.3. The molecule has 110 valence electrons. The van der Waals surface area contributed by atoms with E-state index in [-0.39, 0.29) is 17.7 Å². The first-order chi connectivity index (χ1) is 10.1. The third kappa shape index (κ3) is 4.16. The summed E-state index contributed by atoms with van der Waals surface area (Å²) in [6, 6.07) is 12.2. The van der Waals surface area contributed by atoms with Gasteiger partial charge in [-0.15, -0.1) is 11.3 Å². The van der Waals surface area contributed by atoms with Gasteiger partial charge in [-0.2, -0.15) is 0 Å². The monoisotopic (exact) mass is 302 g/mol. The van der Waals surface area contributed by atoms with Gasteiger partial charge in [0, 0.05) is 5.69 Å². The molecule has 0 aliphatic heterocycles. The Bertz CT molecular complexity index is 594. The van der Waals surface area contributed by atoms with Crippen molar-refractivity contribution in [3.8, 4) is 0 Å². The molecular weight excluding hydrogens is 284 g/mol. The minimum absolute atomic E-state index is 0.00220. The number of hydrogen-bond acceptors (Lipinski definition) is 3. The van der Waals surface area contributed by atoms with Crippen molar-refractivity contribution in [3.05, 3.63) is 52.7 Å². The van der Waals surface area contributed by atoms with Crippen molar-refractivity contribution in [2.24, 2.45) is 5.92 Å². The SMILES string of the molecule is CC(C)[C@H](NC(=O)c1cccs1)C(=O)Nc1ccccc1. The van der Waals surface area contributed by atoms with E-state index >= 15 is 0 Å². The van der Waals surface area contributed by atoms with Gasteiger partial charge in [0.1, 0.15) is 6.04 Å². The highest BCUT2D eigenvalue weighted by Gasteiger charge is 2.25. The average Bonchev–Trinajstić information content (AvgIpc) is 2.99. The molecule has 5 heteroatoms. The number of nitrogens with one attached hydrogen (secondary N) is 2. The van der Waals surface area contributed by atoms with Crippen molar-refractivity contribution in [2.45, 2.75) is 19.9 Å². The number of hydrogen-bond donors (Lipinski definition) is 2. The summed E-state index contributed by atoms with van der Waals surface area (Å²) in [5.41, 5.74) is 0.721. The third-order valence-electron chi connectivity index (χ3n) is 3.02. The Labute approximate surface area is 128 Å². The van der Waals surface area contributed by atoms with Gasteiger partial charge in [0.15, 0.2) is 0 Å². The molecule has 2 aromatic rings. The Morgan fingerprint density at radius 2 is 1.76 bits per heavy atom. The van der Waals surface area contributed by atoms with Gasteiger partial charge in [-0.05, 0) is 29.5 Å². The predicted octanol–water partition coefficient (Wildman–Crippen LogP) is 3.14. The Kier molecular flexibility index (Phi) is 5.11. The quantitative estimate of drug-likeness (QED) is 0.891. The van der Waals surface area contributed by atoms with Gasteiger partial charge in [0.05, 0.1) is 4.88 Å². The molecule has 0 aliphatic carbocycles. The van der Waals surface area contributed by atoms with E-state index in [4.69, 9.17) is 0 Å². The fourth-order valence-corrected chi connectivity index (χ4v) is 2.52. The maximum atomic E-state index is 12.3. The number of carbonyl (C=O) groups excluding carboxylic acids is 2. The molecule has 21 heavy (non-hydrogen) atoms. The number of para-hydroxylation sites is 1. The van der Waals surface area contributed by atoms with Crippen LogP contribution in [0.25, 0.3) is 0 Å². The average molecular weight is 302 g/mol. The molecule has 1 atom stereocenters. The normalized spacial score (nSPS) is 12.0. The van der Waals surface area contributed by atoms with E-state index in [9.17, 15) is 9.59 Å². The fourth-order valence-electron chi connectivity index (χ4n) is 1.90. The highest BCUT2D eigenvalue weighted by molar-refractivity contribution is 7.12. The van der Waals surface area contributed by atoms with Crippen LogP contribution in [0.2, 0.25) is 0 Å². The Hall–Kier alpha value is -2.14. The molecule has 0 unspecified atom stereocenters. The highest BCUT2D eigenvalue weighted by Crippen LogP contribution is 2.12. The van der Waals surface area contributed by atoms with E-state index in [1.54, 1.807) is 6.07 Å². The predicted molar refractivity (Wildman–Crippen MR) is 85.5 cm³/mol. The van der Waals surface area contributed by atoms with Crippen LogP contribution >= 0.6 is 11.3 Å². The van der Waals surface area contributed by atoms with Crippen LogP contribution in [0.5, 0.6) is 0 Å². The summed E-state index contributed by atoms with van der Waals surface area (Å²) in [7, 11) is 0. The van der Waals surface area contributed by atoms with Crippen molar-refractivity contribution in [2.75, 3.05) is 5.32 Å². The zero-order valence-electron chi connectivity index (χ0n) is 12.0. The minimum atomic E-state index is -0.570. The van der Waals surface area contributed by atoms with Crippen LogP contribution in [0, 0.1) is 5.92 Å². The summed E-state index contributed by atoms with van der Waals surface area (Å²) in [5.74, 6) is -0.425. The summed E-state index contributed by atoms with van der Waals surface area (Å²) < 4.78 is 0. The summed E-state index contributed by atoms with van der Waals surface area (Å²) >= 11 is 1.36. The summed E-state index contributed by atoms with van der Waals surface area (Å²) in [6.45, 7) is 3.81. The Morgan fingerprint density at radius 1 is 1.05 bits per heavy atom. The number of anilines is 1. The smallest absolute Gasteiger partial charge is 0.262 e. The van der Waals surface area contributed by atoms with Crippen LogP contribution in [0.4, 0.5) is 5.69 Å². The molecule has 1 aromatic heterocycles. The van der Waals surface area contributed by atoms with Crippen LogP contribution in [-0.2, 0) is 4.79 Å². The number of benzene rings is 1. The molecule has 0 aliphatic rings. The standard InChI is InChI=1S/C16H18N2O2S/c1-11(2)14(18-15(19)13-9-6-10-21-13)16(20)17-12-7-4-3-5-8-12/h3-11,14H,1-2H3,(H,17,20)(H,18,19)/t14-/m0/s1. The Morgan fingerprint density at radius 3 is 2.33 bits per heavy atom. The maximum Gasteiger partial charge on any atom is 0.262 e. The fraction of sp³-hybridized carbons (Fsp3) is 0.250. The van der Waals surface area contributed by atoms with Gasteiger partial charge in [-0.1, -0.05) is 38.1 Å². The molecule has 1 aromatic carbocycles. The molecule has 0 saturated heterocycles. The lowest BCUT2D eigenvalue weighted by Gasteiger charge is -2.21. The minimum Gasteiger partial charge on any atom is -0.339 e. The van der Waals surface area contributed by atoms with Gasteiger partial charge in [0.2, 0.25) is 5.91 Å². The van der Waals surface area contributed by atoms with E-state index < -0.39 is 6.04 Å². The topological polar surface area (TPSA) is 58.2 Å². The first-order valence-corrected chi connectivity index (χ1v) is 7.66. The van der Waals surface area contributed by atoms with Crippen molar-refractivity contribution in [3.63, 3.8) is 0 Å². The van der Waals surface area contributed by atoms with Gasteiger partial charge < -0.3 is 10.6 Å². The molecule has 0 saturated carbocycles. The summed E-state index contributed by atoms with van der Waals surface area (Å²) in [6.07, 6.45) is 0. The van der Waals surface area contributed by atoms with Crippen LogP contribution in [0.15, 0.2) is 47.8 Å². The molecule has 2 rings (SSSR count). The summed E-state index contributed by atoms with van der Waals surface area (Å²) in [5, 5.41) is 7.46. The van der Waals surface area contributed by atoms with Crippen molar-refractivity contribution >= 4 is 28.8 Å². The zero-order chi connectivity index (χ0) is 15.2. The van der Waals surface area contributed by atoms with Crippen LogP contribution in [-0.4, -0.2) is 17.9 Å². The lowest BCUT2D eigenvalue weighted by molar-refractivity contribution is -0.118. The molecule has 0 radical (unpaired) electrons. The molecular formula is C16H18N2O2S. The van der Waals surface area contributed by atoms with Crippen molar-refractivity contribution in [1.82, 2.24) is 5.32 Å². The van der Waals surface area contributed by atoms with E-state index in [1.165, 1.54) is 11.3 Å². The summed E-state index contributed by atoms with van der Waals surface area (Å²) in [4.78, 5) is 25.0. The molecule has 1 heterocycles. The van der Waals surface area contributed by atoms with Crippen molar-refractivity contribution < 1.29 is 9.59 Å². The van der Waals surface area contributed by atoms with E-state index in [0.717, 1.165) is 5.69 Å². The second-order valence-corrected chi connectivity index (χ2v) is 5.98. The van der Waals surface area contributed by atoms with Crippen LogP contribution in [0.1, 0.15) is 23.5 Å². The number of rotatable bonds is 5. The largest absolute Gasteiger partial charge is 0.339 e. The molecule has 2 amide bonds. The number of thiophene rings is 1. The van der Waals surface area contributed by atoms with E-state index in [2.05, 4.69) is 10.6 Å². The van der Waals surface area contributed by atoms with E-state index in [1.807, 2.05) is 55.6 Å². The number of amides is 2. The van der Waals surface area contributed by atoms with Gasteiger partial charge in [-0.25, -0.2) is 0 Å². The lowest BCUT2D eigenvalue weighted by atomic mass is 10.0. The zero-order valence-corrected chi connectivity index (χ0v) is 12.8. The molecule has 0 bridgehead atoms. The maximum absolute atomic E-state index is 12.3. The van der Waals surface area contributed by atoms with Gasteiger partial charge in [-0.3, -0.25) is 9.59 Å². The van der Waals surface area contributed by atoms with Gasteiger partial charge in [0.25, 0.3) is 5.91 Å². The van der Waals surface area contributed by atoms with Crippen molar-refractivity contribution in [1.29, 1.82) is 0 Å². The molecule has 4 nitrogen and oxygen atoms in total. The number of carbonyl (C=O) groups is 2. The van der Waals surface area contributed by atoms with Crippen LogP contribution < -0.4 is 10.6 Å². The van der Waals surface area contributed by atoms with Crippen LogP contribution in [0.3, 0.4) is 0 Å². The molecule has 0 spiro atoms. The second kappa shape index (κ2) is 7.04. The first-order valence-electron chi connectivity index (χ1n) is 6.78. The lowest BCUT2D eigenvalue weighted by Crippen LogP contribution is -2.46. The molecule has 2 N–H and O–H groups in total. The third-order valence-corrected chi connectivity index (χ3v) is 3.89. The molecule has 0 fully saturated rings. The van der Waals surface area contributed by atoms with Gasteiger partial charge >= 0.3 is 0 Å². The Balaban J connectivity index is 2.05. The highest BCUT2D eigenvalue weighted by atomic mass is 32.1. The van der Waals surface area contributed by atoms with E-state index in [0.29, 0.717) is 4.88 Å².